The zero-order valence-electron chi connectivity index (χ0n) is 11.1. The van der Waals surface area contributed by atoms with Gasteiger partial charge in [0.1, 0.15) is 5.69 Å². The van der Waals surface area contributed by atoms with Crippen LogP contribution in [0.4, 0.5) is 11.6 Å². The van der Waals surface area contributed by atoms with Crippen molar-refractivity contribution in [1.29, 1.82) is 0 Å². The zero-order chi connectivity index (χ0) is 15.1. The van der Waals surface area contributed by atoms with Crippen molar-refractivity contribution in [2.75, 3.05) is 11.1 Å². The molecular formula is C13H9N7OS. The molecule has 0 spiro atoms. The second kappa shape index (κ2) is 4.74. The summed E-state index contributed by atoms with van der Waals surface area (Å²) in [5, 5.41) is 8.65. The predicted octanol–water partition coefficient (Wildman–Crippen LogP) is 1.57. The number of fused-ring (bicyclic) bond motifs is 2. The standard InChI is InChI=1S/C13H9N7OS/c14-13-16-5-9-10(19-13)7(6-22-9)12(21)18-8-4-17-20-3-1-2-15-11(8)20/h1-6H,(H,18,21)(H2,14,16,19). The summed E-state index contributed by atoms with van der Waals surface area (Å²) in [7, 11) is 0. The molecule has 4 rings (SSSR count). The molecule has 0 aliphatic heterocycles. The van der Waals surface area contributed by atoms with Crippen molar-refractivity contribution in [3.05, 3.63) is 41.8 Å². The first-order valence-corrected chi connectivity index (χ1v) is 7.20. The fourth-order valence-corrected chi connectivity index (χ4v) is 2.95. The number of carbonyl (C=O) groups excluding carboxylic acids is 1. The number of anilines is 2. The van der Waals surface area contributed by atoms with E-state index < -0.39 is 0 Å². The molecule has 1 amide bonds. The van der Waals surface area contributed by atoms with Crippen LogP contribution in [0.3, 0.4) is 0 Å². The molecule has 4 aromatic heterocycles. The molecule has 3 N–H and O–H groups in total. The SMILES string of the molecule is Nc1ncc2scc(C(=O)Nc3cnn4cccnc34)c2n1. The van der Waals surface area contributed by atoms with Gasteiger partial charge in [-0.25, -0.2) is 19.5 Å². The summed E-state index contributed by atoms with van der Waals surface area (Å²) >= 11 is 1.39. The Balaban J connectivity index is 1.73. The van der Waals surface area contributed by atoms with E-state index in [1.807, 2.05) is 0 Å². The number of thiophene rings is 1. The van der Waals surface area contributed by atoms with E-state index in [1.54, 1.807) is 40.7 Å². The molecule has 4 heterocycles. The number of nitrogens with two attached hydrogens (primary N) is 1. The number of carbonyl (C=O) groups is 1. The Labute approximate surface area is 127 Å². The molecule has 0 bridgehead atoms. The van der Waals surface area contributed by atoms with Gasteiger partial charge in [-0.3, -0.25) is 4.79 Å². The van der Waals surface area contributed by atoms with Crippen molar-refractivity contribution in [2.45, 2.75) is 0 Å². The number of hydrogen-bond acceptors (Lipinski definition) is 7. The quantitative estimate of drug-likeness (QED) is 0.581. The fourth-order valence-electron chi connectivity index (χ4n) is 2.11. The van der Waals surface area contributed by atoms with Crippen LogP contribution in [0, 0.1) is 0 Å². The summed E-state index contributed by atoms with van der Waals surface area (Å²) in [6, 6.07) is 1.76. The predicted molar refractivity (Wildman–Crippen MR) is 82.8 cm³/mol. The van der Waals surface area contributed by atoms with Gasteiger partial charge in [0, 0.05) is 17.8 Å². The Bertz CT molecular complexity index is 1010. The lowest BCUT2D eigenvalue weighted by Gasteiger charge is -2.02. The Morgan fingerprint density at radius 2 is 2.23 bits per heavy atom. The summed E-state index contributed by atoms with van der Waals surface area (Å²) in [5.41, 5.74) is 7.69. The lowest BCUT2D eigenvalue weighted by Crippen LogP contribution is -2.12. The first kappa shape index (κ1) is 12.7. The van der Waals surface area contributed by atoms with E-state index in [1.165, 1.54) is 11.3 Å². The third kappa shape index (κ3) is 1.95. The number of rotatable bonds is 2. The van der Waals surface area contributed by atoms with Crippen LogP contribution in [-0.2, 0) is 0 Å². The Hall–Kier alpha value is -3.07. The second-order valence-corrected chi connectivity index (χ2v) is 5.40. The number of aromatic nitrogens is 5. The van der Waals surface area contributed by atoms with Gasteiger partial charge < -0.3 is 11.1 Å². The summed E-state index contributed by atoms with van der Waals surface area (Å²) in [5.74, 6) is -0.150. The maximum Gasteiger partial charge on any atom is 0.258 e. The van der Waals surface area contributed by atoms with Crippen LogP contribution in [0.5, 0.6) is 0 Å². The third-order valence-corrected chi connectivity index (χ3v) is 4.01. The van der Waals surface area contributed by atoms with Gasteiger partial charge in [-0.15, -0.1) is 11.3 Å². The summed E-state index contributed by atoms with van der Waals surface area (Å²) < 4.78 is 2.39. The van der Waals surface area contributed by atoms with Crippen LogP contribution in [0.25, 0.3) is 15.9 Å². The zero-order valence-corrected chi connectivity index (χ0v) is 11.9. The van der Waals surface area contributed by atoms with E-state index in [4.69, 9.17) is 5.73 Å². The van der Waals surface area contributed by atoms with Crippen LogP contribution < -0.4 is 11.1 Å². The highest BCUT2D eigenvalue weighted by molar-refractivity contribution is 7.17. The molecular weight excluding hydrogens is 302 g/mol. The molecule has 0 atom stereocenters. The van der Waals surface area contributed by atoms with Crippen molar-refractivity contribution in [1.82, 2.24) is 24.6 Å². The molecule has 0 aliphatic carbocycles. The number of nitrogens with one attached hydrogen (secondary N) is 1. The molecule has 0 aromatic carbocycles. The van der Waals surface area contributed by atoms with Crippen LogP contribution in [0.1, 0.15) is 10.4 Å². The largest absolute Gasteiger partial charge is 0.368 e. The average molecular weight is 311 g/mol. The first-order valence-electron chi connectivity index (χ1n) is 6.32. The highest BCUT2D eigenvalue weighted by Crippen LogP contribution is 2.25. The Kier molecular flexibility index (Phi) is 2.73. The molecule has 108 valence electrons. The van der Waals surface area contributed by atoms with Gasteiger partial charge in [-0.2, -0.15) is 5.10 Å². The molecule has 0 radical (unpaired) electrons. The summed E-state index contributed by atoms with van der Waals surface area (Å²) in [6.45, 7) is 0. The van der Waals surface area contributed by atoms with Crippen LogP contribution >= 0.6 is 11.3 Å². The highest BCUT2D eigenvalue weighted by atomic mass is 32.1. The monoisotopic (exact) mass is 311 g/mol. The van der Waals surface area contributed by atoms with Crippen molar-refractivity contribution in [2.24, 2.45) is 0 Å². The van der Waals surface area contributed by atoms with E-state index in [2.05, 4.69) is 25.4 Å². The molecule has 22 heavy (non-hydrogen) atoms. The molecule has 9 heteroatoms. The van der Waals surface area contributed by atoms with Crippen LogP contribution in [0.15, 0.2) is 36.2 Å². The van der Waals surface area contributed by atoms with E-state index in [-0.39, 0.29) is 11.9 Å². The second-order valence-electron chi connectivity index (χ2n) is 4.49. The Morgan fingerprint density at radius 1 is 1.32 bits per heavy atom. The van der Waals surface area contributed by atoms with Gasteiger partial charge in [0.15, 0.2) is 5.65 Å². The molecule has 0 saturated heterocycles. The molecule has 0 fully saturated rings. The number of hydrogen-bond donors (Lipinski definition) is 2. The van der Waals surface area contributed by atoms with Gasteiger partial charge in [-0.05, 0) is 6.07 Å². The summed E-state index contributed by atoms with van der Waals surface area (Å²) in [4.78, 5) is 24.7. The maximum absolute atomic E-state index is 12.5. The Morgan fingerprint density at radius 3 is 3.14 bits per heavy atom. The first-order chi connectivity index (χ1) is 10.7. The fraction of sp³-hybridized carbons (Fsp3) is 0. The van der Waals surface area contributed by atoms with Gasteiger partial charge in [0.2, 0.25) is 5.95 Å². The van der Waals surface area contributed by atoms with Gasteiger partial charge in [-0.1, -0.05) is 0 Å². The lowest BCUT2D eigenvalue weighted by molar-refractivity contribution is 0.102. The molecule has 0 aliphatic rings. The van der Waals surface area contributed by atoms with Gasteiger partial charge in [0.05, 0.1) is 28.2 Å². The molecule has 0 saturated carbocycles. The van der Waals surface area contributed by atoms with Crippen molar-refractivity contribution in [3.63, 3.8) is 0 Å². The minimum Gasteiger partial charge on any atom is -0.368 e. The van der Waals surface area contributed by atoms with E-state index in [9.17, 15) is 4.79 Å². The van der Waals surface area contributed by atoms with Crippen molar-refractivity contribution in [3.8, 4) is 0 Å². The van der Waals surface area contributed by atoms with Crippen molar-refractivity contribution >= 4 is 44.7 Å². The third-order valence-electron chi connectivity index (χ3n) is 3.10. The minimum absolute atomic E-state index is 0.137. The van der Waals surface area contributed by atoms with E-state index in [0.717, 1.165) is 4.70 Å². The summed E-state index contributed by atoms with van der Waals surface area (Å²) in [6.07, 6.45) is 6.56. The smallest absolute Gasteiger partial charge is 0.258 e. The lowest BCUT2D eigenvalue weighted by atomic mass is 10.2. The topological polar surface area (TPSA) is 111 Å². The normalized spacial score (nSPS) is 11.1. The van der Waals surface area contributed by atoms with Gasteiger partial charge >= 0.3 is 0 Å². The molecule has 4 aromatic rings. The highest BCUT2D eigenvalue weighted by Gasteiger charge is 2.16. The molecule has 0 unspecified atom stereocenters. The molecule has 8 nitrogen and oxygen atoms in total. The minimum atomic E-state index is -0.287. The maximum atomic E-state index is 12.5. The number of nitrogen functional groups attached to an aromatic ring is 1. The van der Waals surface area contributed by atoms with E-state index in [0.29, 0.717) is 22.4 Å². The number of nitrogens with zero attached hydrogens (tertiary/aromatic N) is 5. The van der Waals surface area contributed by atoms with Gasteiger partial charge in [0.25, 0.3) is 5.91 Å². The van der Waals surface area contributed by atoms with E-state index >= 15 is 0 Å². The van der Waals surface area contributed by atoms with Crippen molar-refractivity contribution < 1.29 is 4.79 Å². The average Bonchev–Trinajstić information content (AvgIpc) is 3.11. The number of amides is 1. The van der Waals surface area contributed by atoms with Crippen LogP contribution in [-0.4, -0.2) is 30.5 Å². The van der Waals surface area contributed by atoms with Crippen LogP contribution in [0.2, 0.25) is 0 Å².